The molecule has 0 saturated carbocycles. The van der Waals surface area contributed by atoms with Crippen molar-refractivity contribution in [2.75, 3.05) is 0 Å². The predicted octanol–water partition coefficient (Wildman–Crippen LogP) is 0.537. The summed E-state index contributed by atoms with van der Waals surface area (Å²) in [7, 11) is 0. The molecule has 74 valence electrons. The average Bonchev–Trinajstić information content (AvgIpc) is 2.30. The summed E-state index contributed by atoms with van der Waals surface area (Å²) in [6.07, 6.45) is 0. The van der Waals surface area contributed by atoms with Gasteiger partial charge < -0.3 is 0 Å². The average molecular weight is 301 g/mol. The van der Waals surface area contributed by atoms with Crippen molar-refractivity contribution in [3.8, 4) is 11.1 Å². The van der Waals surface area contributed by atoms with Gasteiger partial charge >= 0.3 is 58.2 Å². The van der Waals surface area contributed by atoms with E-state index in [-0.39, 0.29) is 58.2 Å². The van der Waals surface area contributed by atoms with Gasteiger partial charge in [-0.05, 0) is 23.2 Å². The molecular formula is C13H8ClORb. The molecule has 0 saturated heterocycles. The first kappa shape index (κ1) is 14.3. The third-order valence-corrected chi connectivity index (χ3v) is 2.37. The van der Waals surface area contributed by atoms with E-state index in [0.29, 0.717) is 5.56 Å². The second-order valence-corrected chi connectivity index (χ2v) is 3.45. The molecular weight excluding hydrogens is 293 g/mol. The molecule has 0 amide bonds. The van der Waals surface area contributed by atoms with E-state index in [0.717, 1.165) is 11.1 Å². The first-order valence-electron chi connectivity index (χ1n) is 4.54. The summed E-state index contributed by atoms with van der Waals surface area (Å²) >= 11 is 5.51. The van der Waals surface area contributed by atoms with Crippen molar-refractivity contribution >= 4 is 16.8 Å². The van der Waals surface area contributed by atoms with Crippen LogP contribution in [0.4, 0.5) is 0 Å². The Bertz CT molecular complexity index is 482. The SMILES string of the molecule is O=C(Cl)c1ccccc1-c1cc[c-]cc1.[Rb+]. The van der Waals surface area contributed by atoms with Crippen molar-refractivity contribution < 1.29 is 63.0 Å². The van der Waals surface area contributed by atoms with Crippen LogP contribution in [0.15, 0.2) is 48.5 Å². The van der Waals surface area contributed by atoms with Crippen LogP contribution in [0.3, 0.4) is 0 Å². The summed E-state index contributed by atoms with van der Waals surface area (Å²) in [5, 5.41) is -0.432. The Balaban J connectivity index is 0.00000128. The quantitative estimate of drug-likeness (QED) is 0.584. The molecule has 0 aromatic heterocycles. The van der Waals surface area contributed by atoms with Crippen LogP contribution in [-0.2, 0) is 0 Å². The Morgan fingerprint density at radius 3 is 2.31 bits per heavy atom. The van der Waals surface area contributed by atoms with Crippen LogP contribution in [0.1, 0.15) is 10.4 Å². The Morgan fingerprint density at radius 2 is 1.69 bits per heavy atom. The van der Waals surface area contributed by atoms with Crippen molar-refractivity contribution in [3.63, 3.8) is 0 Å². The van der Waals surface area contributed by atoms with Crippen LogP contribution in [0.2, 0.25) is 0 Å². The summed E-state index contributed by atoms with van der Waals surface area (Å²) in [5.41, 5.74) is 2.36. The fourth-order valence-electron chi connectivity index (χ4n) is 1.47. The number of rotatable bonds is 2. The number of halogens is 1. The van der Waals surface area contributed by atoms with Crippen LogP contribution in [0.25, 0.3) is 11.1 Å². The molecule has 0 radical (unpaired) electrons. The van der Waals surface area contributed by atoms with E-state index in [9.17, 15) is 4.79 Å². The van der Waals surface area contributed by atoms with Gasteiger partial charge in [-0.3, -0.25) is 4.79 Å². The summed E-state index contributed by atoms with van der Waals surface area (Å²) in [5.74, 6) is 0. The molecule has 0 spiro atoms. The Hall–Kier alpha value is 0.205. The van der Waals surface area contributed by atoms with Crippen molar-refractivity contribution in [3.05, 3.63) is 60.2 Å². The van der Waals surface area contributed by atoms with Gasteiger partial charge in [0, 0.05) is 5.56 Å². The second-order valence-electron chi connectivity index (χ2n) is 3.11. The van der Waals surface area contributed by atoms with E-state index in [1.54, 1.807) is 12.1 Å². The molecule has 0 N–H and O–H groups in total. The molecule has 2 aromatic rings. The van der Waals surface area contributed by atoms with E-state index >= 15 is 0 Å². The fraction of sp³-hybridized carbons (Fsp3) is 0. The molecule has 1 nitrogen and oxygen atoms in total. The standard InChI is InChI=1S/C13H8ClO.Rb/c14-13(15)12-9-5-4-8-11(12)10-6-2-1-3-7-10;/h2-9H;/q-1;+1. The van der Waals surface area contributed by atoms with Gasteiger partial charge in [0.2, 0.25) is 0 Å². The summed E-state index contributed by atoms with van der Waals surface area (Å²) in [6, 6.07) is 17.6. The molecule has 0 bridgehead atoms. The molecule has 2 aromatic carbocycles. The largest absolute Gasteiger partial charge is 1.00 e. The van der Waals surface area contributed by atoms with Crippen LogP contribution in [-0.4, -0.2) is 5.24 Å². The van der Waals surface area contributed by atoms with E-state index < -0.39 is 5.24 Å². The van der Waals surface area contributed by atoms with Crippen molar-refractivity contribution in [2.45, 2.75) is 0 Å². The predicted molar refractivity (Wildman–Crippen MR) is 60.9 cm³/mol. The van der Waals surface area contributed by atoms with Crippen molar-refractivity contribution in [1.82, 2.24) is 0 Å². The van der Waals surface area contributed by atoms with Gasteiger partial charge in [-0.25, -0.2) is 0 Å². The van der Waals surface area contributed by atoms with E-state index in [4.69, 9.17) is 11.6 Å². The van der Waals surface area contributed by atoms with Crippen molar-refractivity contribution in [1.29, 1.82) is 0 Å². The Morgan fingerprint density at radius 1 is 1.06 bits per heavy atom. The number of hydrogen-bond donors (Lipinski definition) is 0. The first-order chi connectivity index (χ1) is 7.29. The maximum absolute atomic E-state index is 11.2. The molecule has 2 rings (SSSR count). The summed E-state index contributed by atoms with van der Waals surface area (Å²) in [6.45, 7) is 0. The van der Waals surface area contributed by atoms with Gasteiger partial charge in [0.1, 0.15) is 0 Å². The van der Waals surface area contributed by atoms with E-state index in [2.05, 4.69) is 6.07 Å². The first-order valence-corrected chi connectivity index (χ1v) is 4.92. The summed E-state index contributed by atoms with van der Waals surface area (Å²) in [4.78, 5) is 11.2. The molecule has 16 heavy (non-hydrogen) atoms. The minimum atomic E-state index is -0.432. The molecule has 0 aliphatic heterocycles. The minimum Gasteiger partial charge on any atom is -0.276 e. The number of carbonyl (C=O) groups is 1. The zero-order chi connectivity index (χ0) is 10.7. The normalized spacial score (nSPS) is 9.31. The number of carbonyl (C=O) groups excluding carboxylic acids is 1. The summed E-state index contributed by atoms with van der Waals surface area (Å²) < 4.78 is 0. The van der Waals surface area contributed by atoms with Gasteiger partial charge in [0.15, 0.2) is 0 Å². The minimum absolute atomic E-state index is 0. The van der Waals surface area contributed by atoms with Gasteiger partial charge in [-0.2, -0.15) is 30.3 Å². The third-order valence-electron chi connectivity index (χ3n) is 2.17. The molecule has 0 unspecified atom stereocenters. The zero-order valence-electron chi connectivity index (χ0n) is 8.91. The number of benzene rings is 2. The Labute approximate surface area is 149 Å². The number of hydrogen-bond acceptors (Lipinski definition) is 1. The van der Waals surface area contributed by atoms with Crippen molar-refractivity contribution in [2.24, 2.45) is 0 Å². The van der Waals surface area contributed by atoms with Crippen LogP contribution in [0.5, 0.6) is 0 Å². The molecule has 0 aliphatic carbocycles. The molecule has 0 atom stereocenters. The van der Waals surface area contributed by atoms with Gasteiger partial charge in [0.25, 0.3) is 5.24 Å². The van der Waals surface area contributed by atoms with E-state index in [1.165, 1.54) is 0 Å². The van der Waals surface area contributed by atoms with E-state index in [1.807, 2.05) is 36.4 Å². The zero-order valence-corrected chi connectivity index (χ0v) is 14.6. The third kappa shape index (κ3) is 3.35. The smallest absolute Gasteiger partial charge is 0.276 e. The maximum atomic E-state index is 11.2. The van der Waals surface area contributed by atoms with Gasteiger partial charge in [0.05, 0.1) is 0 Å². The molecule has 0 aliphatic rings. The maximum Gasteiger partial charge on any atom is 1.00 e. The monoisotopic (exact) mass is 300 g/mol. The van der Waals surface area contributed by atoms with Crippen LogP contribution in [0, 0.1) is 6.07 Å². The molecule has 0 heterocycles. The second kappa shape index (κ2) is 6.82. The molecule has 0 fully saturated rings. The van der Waals surface area contributed by atoms with Crippen LogP contribution >= 0.6 is 11.6 Å². The topological polar surface area (TPSA) is 17.1 Å². The van der Waals surface area contributed by atoms with Gasteiger partial charge in [-0.15, -0.1) is 5.56 Å². The fourth-order valence-corrected chi connectivity index (χ4v) is 1.64. The van der Waals surface area contributed by atoms with Crippen LogP contribution < -0.4 is 58.2 Å². The molecule has 3 heteroatoms. The Kier molecular flexibility index (Phi) is 6.08. The van der Waals surface area contributed by atoms with Gasteiger partial charge in [-0.1, -0.05) is 18.2 Å².